The molecule has 0 aliphatic heterocycles. The molecule has 2 rings (SSSR count). The summed E-state index contributed by atoms with van der Waals surface area (Å²) in [7, 11) is 0. The molecule has 0 aliphatic rings. The van der Waals surface area contributed by atoms with E-state index in [-0.39, 0.29) is 6.42 Å². The molecular formula is C16H21N3O3. The zero-order valence-corrected chi connectivity index (χ0v) is 13.0. The molecule has 1 aromatic carbocycles. The Labute approximate surface area is 129 Å². The first-order valence-electron chi connectivity index (χ1n) is 7.10. The highest BCUT2D eigenvalue weighted by Gasteiger charge is 2.23. The number of carbonyl (C=O) groups is 2. The molecule has 0 fully saturated rings. The number of amides is 2. The van der Waals surface area contributed by atoms with Gasteiger partial charge in [0.15, 0.2) is 0 Å². The van der Waals surface area contributed by atoms with Crippen LogP contribution < -0.4 is 11.1 Å². The molecular weight excluding hydrogens is 282 g/mol. The summed E-state index contributed by atoms with van der Waals surface area (Å²) in [6.07, 6.45) is -0.379. The fourth-order valence-electron chi connectivity index (χ4n) is 2.14. The second kappa shape index (κ2) is 6.09. The van der Waals surface area contributed by atoms with Gasteiger partial charge in [-0.2, -0.15) is 0 Å². The largest absolute Gasteiger partial charge is 0.444 e. The lowest BCUT2D eigenvalue weighted by molar-refractivity contribution is -0.120. The molecule has 6 nitrogen and oxygen atoms in total. The van der Waals surface area contributed by atoms with Crippen molar-refractivity contribution in [2.24, 2.45) is 5.73 Å². The van der Waals surface area contributed by atoms with Gasteiger partial charge in [-0.3, -0.25) is 4.79 Å². The molecule has 1 heterocycles. The van der Waals surface area contributed by atoms with Crippen molar-refractivity contribution in [2.75, 3.05) is 0 Å². The number of benzene rings is 1. The summed E-state index contributed by atoms with van der Waals surface area (Å²) in [6, 6.07) is 8.87. The SMILES string of the molecule is CC(C)(C)OC(=O)N[C@H](Cc1cc2ccccc2[nH]1)C(N)=O. The van der Waals surface area contributed by atoms with Gasteiger partial charge in [0.05, 0.1) is 0 Å². The summed E-state index contributed by atoms with van der Waals surface area (Å²) in [6.45, 7) is 5.26. The van der Waals surface area contributed by atoms with Crippen molar-refractivity contribution in [3.05, 3.63) is 36.0 Å². The third kappa shape index (κ3) is 4.25. The van der Waals surface area contributed by atoms with E-state index in [0.717, 1.165) is 16.6 Å². The minimum absolute atomic E-state index is 0.281. The van der Waals surface area contributed by atoms with Crippen molar-refractivity contribution < 1.29 is 14.3 Å². The Bertz CT molecular complexity index is 652. The molecule has 0 unspecified atom stereocenters. The van der Waals surface area contributed by atoms with Gasteiger partial charge in [-0.25, -0.2) is 4.79 Å². The van der Waals surface area contributed by atoms with Crippen molar-refractivity contribution in [3.8, 4) is 0 Å². The Morgan fingerprint density at radius 3 is 2.59 bits per heavy atom. The predicted octanol–water partition coefficient (Wildman–Crippen LogP) is 2.09. The van der Waals surface area contributed by atoms with Crippen molar-refractivity contribution in [1.29, 1.82) is 0 Å². The van der Waals surface area contributed by atoms with E-state index in [1.165, 1.54) is 0 Å². The Morgan fingerprint density at radius 1 is 1.32 bits per heavy atom. The number of H-pyrrole nitrogens is 1. The summed E-state index contributed by atoms with van der Waals surface area (Å²) >= 11 is 0. The van der Waals surface area contributed by atoms with Gasteiger partial charge in [-0.05, 0) is 38.3 Å². The highest BCUT2D eigenvalue weighted by atomic mass is 16.6. The molecule has 6 heteroatoms. The minimum atomic E-state index is -0.831. The molecule has 1 aromatic heterocycles. The quantitative estimate of drug-likeness (QED) is 0.806. The van der Waals surface area contributed by atoms with E-state index < -0.39 is 23.6 Å². The topological polar surface area (TPSA) is 97.2 Å². The maximum atomic E-state index is 11.8. The van der Waals surface area contributed by atoms with Crippen molar-refractivity contribution in [1.82, 2.24) is 10.3 Å². The summed E-state index contributed by atoms with van der Waals surface area (Å²) in [5, 5.41) is 3.55. The van der Waals surface area contributed by atoms with Gasteiger partial charge >= 0.3 is 6.09 Å². The monoisotopic (exact) mass is 303 g/mol. The van der Waals surface area contributed by atoms with Gasteiger partial charge in [0.2, 0.25) is 5.91 Å². The Kier molecular flexibility index (Phi) is 4.40. The van der Waals surface area contributed by atoms with Gasteiger partial charge in [-0.1, -0.05) is 18.2 Å². The molecule has 0 spiro atoms. The summed E-state index contributed by atoms with van der Waals surface area (Å²) in [4.78, 5) is 26.5. The number of aromatic nitrogens is 1. The molecule has 0 aliphatic carbocycles. The Balaban J connectivity index is 2.08. The van der Waals surface area contributed by atoms with E-state index >= 15 is 0 Å². The van der Waals surface area contributed by atoms with Crippen LogP contribution in [0.5, 0.6) is 0 Å². The van der Waals surface area contributed by atoms with Crippen LogP contribution in [0.15, 0.2) is 30.3 Å². The fourth-order valence-corrected chi connectivity index (χ4v) is 2.14. The zero-order valence-electron chi connectivity index (χ0n) is 13.0. The number of rotatable bonds is 4. The van der Waals surface area contributed by atoms with Crippen molar-refractivity contribution in [2.45, 2.75) is 38.8 Å². The van der Waals surface area contributed by atoms with E-state index in [0.29, 0.717) is 0 Å². The maximum absolute atomic E-state index is 11.8. The van der Waals surface area contributed by atoms with Crippen LogP contribution in [0.25, 0.3) is 10.9 Å². The zero-order chi connectivity index (χ0) is 16.3. The summed E-state index contributed by atoms with van der Waals surface area (Å²) in [5.74, 6) is -0.607. The molecule has 0 radical (unpaired) electrons. The number of primary amides is 1. The number of alkyl carbamates (subject to hydrolysis) is 1. The molecule has 2 aromatic rings. The second-order valence-electron chi connectivity index (χ2n) is 6.19. The number of para-hydroxylation sites is 1. The fraction of sp³-hybridized carbons (Fsp3) is 0.375. The van der Waals surface area contributed by atoms with Gasteiger partial charge in [0, 0.05) is 17.6 Å². The van der Waals surface area contributed by atoms with Crippen LogP contribution >= 0.6 is 0 Å². The van der Waals surface area contributed by atoms with Gasteiger partial charge < -0.3 is 20.8 Å². The molecule has 0 bridgehead atoms. The van der Waals surface area contributed by atoms with Crippen molar-refractivity contribution in [3.63, 3.8) is 0 Å². The minimum Gasteiger partial charge on any atom is -0.444 e. The average molecular weight is 303 g/mol. The molecule has 22 heavy (non-hydrogen) atoms. The first-order valence-corrected chi connectivity index (χ1v) is 7.10. The maximum Gasteiger partial charge on any atom is 0.408 e. The number of hydrogen-bond donors (Lipinski definition) is 3. The van der Waals surface area contributed by atoms with Crippen LogP contribution in [0.1, 0.15) is 26.5 Å². The standard InChI is InChI=1S/C16H21N3O3/c1-16(2,3)22-15(21)19-13(14(17)20)9-11-8-10-6-4-5-7-12(10)18-11/h4-8,13,18H,9H2,1-3H3,(H2,17,20)(H,19,21)/t13-/m1/s1. The molecule has 0 saturated heterocycles. The lowest BCUT2D eigenvalue weighted by Crippen LogP contribution is -2.47. The van der Waals surface area contributed by atoms with Crippen LogP contribution in [-0.4, -0.2) is 28.6 Å². The lowest BCUT2D eigenvalue weighted by atomic mass is 10.1. The number of nitrogens with one attached hydrogen (secondary N) is 2. The lowest BCUT2D eigenvalue weighted by Gasteiger charge is -2.22. The van der Waals surface area contributed by atoms with Crippen LogP contribution in [-0.2, 0) is 16.0 Å². The van der Waals surface area contributed by atoms with E-state index in [2.05, 4.69) is 10.3 Å². The molecule has 0 saturated carbocycles. The van der Waals surface area contributed by atoms with E-state index in [1.807, 2.05) is 30.3 Å². The number of fused-ring (bicyclic) bond motifs is 1. The highest BCUT2D eigenvalue weighted by Crippen LogP contribution is 2.16. The molecule has 118 valence electrons. The van der Waals surface area contributed by atoms with Gasteiger partial charge in [-0.15, -0.1) is 0 Å². The van der Waals surface area contributed by atoms with E-state index in [4.69, 9.17) is 10.5 Å². The van der Waals surface area contributed by atoms with Crippen LogP contribution in [0.4, 0.5) is 4.79 Å². The van der Waals surface area contributed by atoms with Gasteiger partial charge in [0.1, 0.15) is 11.6 Å². The number of aromatic amines is 1. The predicted molar refractivity (Wildman–Crippen MR) is 84.4 cm³/mol. The second-order valence-corrected chi connectivity index (χ2v) is 6.19. The smallest absolute Gasteiger partial charge is 0.408 e. The van der Waals surface area contributed by atoms with E-state index in [9.17, 15) is 9.59 Å². The highest BCUT2D eigenvalue weighted by molar-refractivity contribution is 5.85. The van der Waals surface area contributed by atoms with Gasteiger partial charge in [0.25, 0.3) is 0 Å². The third-order valence-electron chi connectivity index (χ3n) is 3.04. The third-order valence-corrected chi connectivity index (χ3v) is 3.04. The molecule has 2 amide bonds. The average Bonchev–Trinajstić information content (AvgIpc) is 2.77. The molecule has 1 atom stereocenters. The Hall–Kier alpha value is -2.50. The van der Waals surface area contributed by atoms with Crippen LogP contribution in [0.3, 0.4) is 0 Å². The van der Waals surface area contributed by atoms with Crippen LogP contribution in [0.2, 0.25) is 0 Å². The summed E-state index contributed by atoms with van der Waals surface area (Å²) in [5.41, 5.74) is 6.53. The normalized spacial score (nSPS) is 12.9. The molecule has 4 N–H and O–H groups in total. The number of nitrogens with two attached hydrogens (primary N) is 1. The van der Waals surface area contributed by atoms with E-state index in [1.54, 1.807) is 20.8 Å². The number of carbonyl (C=O) groups excluding carboxylic acids is 2. The Morgan fingerprint density at radius 2 is 2.00 bits per heavy atom. The number of ether oxygens (including phenoxy) is 1. The first kappa shape index (κ1) is 15.9. The first-order chi connectivity index (χ1) is 10.2. The number of hydrogen-bond acceptors (Lipinski definition) is 3. The van der Waals surface area contributed by atoms with Crippen LogP contribution in [0, 0.1) is 0 Å². The van der Waals surface area contributed by atoms with Crippen molar-refractivity contribution >= 4 is 22.9 Å². The summed E-state index contributed by atoms with van der Waals surface area (Å²) < 4.78 is 5.15.